The highest BCUT2D eigenvalue weighted by Crippen LogP contribution is 2.39. The van der Waals surface area contributed by atoms with Gasteiger partial charge < -0.3 is 19.3 Å². The second-order valence-electron chi connectivity index (χ2n) is 6.79. The Morgan fingerprint density at radius 2 is 2.07 bits per heavy atom. The summed E-state index contributed by atoms with van der Waals surface area (Å²) in [5.74, 6) is 0. The van der Waals surface area contributed by atoms with Crippen LogP contribution in [-0.2, 0) is 11.3 Å². The SMILES string of the molecule is C[C@@H]1CN(c2c(CO)nc3c(-c4ccc(C#N)nc4)noc3c2Cl)C[C@H](C)O1. The van der Waals surface area contributed by atoms with Gasteiger partial charge in [0.05, 0.1) is 30.2 Å². The number of rotatable bonds is 3. The molecule has 1 fully saturated rings. The molecule has 4 rings (SSSR count). The van der Waals surface area contributed by atoms with E-state index in [1.807, 2.05) is 19.9 Å². The van der Waals surface area contributed by atoms with E-state index in [-0.39, 0.29) is 18.8 Å². The van der Waals surface area contributed by atoms with Crippen LogP contribution in [0.1, 0.15) is 25.2 Å². The van der Waals surface area contributed by atoms with Crippen molar-refractivity contribution >= 4 is 28.4 Å². The van der Waals surface area contributed by atoms with Crippen molar-refractivity contribution in [2.45, 2.75) is 32.7 Å². The first-order valence-corrected chi connectivity index (χ1v) is 9.25. The van der Waals surface area contributed by atoms with Crippen molar-refractivity contribution in [3.63, 3.8) is 0 Å². The van der Waals surface area contributed by atoms with Crippen LogP contribution in [0.2, 0.25) is 5.02 Å². The lowest BCUT2D eigenvalue weighted by molar-refractivity contribution is -0.00533. The Kier molecular flexibility index (Phi) is 4.89. The molecule has 0 saturated carbocycles. The molecule has 0 aliphatic carbocycles. The van der Waals surface area contributed by atoms with Crippen LogP contribution in [0.15, 0.2) is 22.9 Å². The molecule has 0 radical (unpaired) electrons. The first-order valence-electron chi connectivity index (χ1n) is 8.87. The third-order valence-corrected chi connectivity index (χ3v) is 4.98. The van der Waals surface area contributed by atoms with Crippen molar-refractivity contribution < 1.29 is 14.4 Å². The van der Waals surface area contributed by atoms with Gasteiger partial charge >= 0.3 is 0 Å². The van der Waals surface area contributed by atoms with Crippen LogP contribution in [-0.4, -0.2) is 45.5 Å². The number of fused-ring (bicyclic) bond motifs is 1. The second-order valence-corrected chi connectivity index (χ2v) is 7.17. The van der Waals surface area contributed by atoms with Crippen LogP contribution in [0.25, 0.3) is 22.4 Å². The number of halogens is 1. The number of hydrogen-bond donors (Lipinski definition) is 1. The Balaban J connectivity index is 1.84. The number of nitrogens with zero attached hydrogens (tertiary/aromatic N) is 5. The molecule has 9 heteroatoms. The summed E-state index contributed by atoms with van der Waals surface area (Å²) in [4.78, 5) is 10.7. The average molecular weight is 400 g/mol. The van der Waals surface area contributed by atoms with Gasteiger partial charge in [0.25, 0.3) is 0 Å². The molecule has 4 heterocycles. The lowest BCUT2D eigenvalue weighted by Gasteiger charge is -2.37. The van der Waals surface area contributed by atoms with Gasteiger partial charge in [-0.3, -0.25) is 0 Å². The molecule has 1 aliphatic heterocycles. The van der Waals surface area contributed by atoms with Gasteiger partial charge in [-0.25, -0.2) is 9.97 Å². The highest BCUT2D eigenvalue weighted by Gasteiger charge is 2.29. The maximum absolute atomic E-state index is 9.95. The number of nitriles is 1. The Bertz CT molecular complexity index is 1050. The summed E-state index contributed by atoms with van der Waals surface area (Å²) in [6, 6.07) is 5.29. The number of aliphatic hydroxyl groups excluding tert-OH is 1. The highest BCUT2D eigenvalue weighted by molar-refractivity contribution is 6.37. The van der Waals surface area contributed by atoms with E-state index < -0.39 is 0 Å². The van der Waals surface area contributed by atoms with Gasteiger partial charge in [0.2, 0.25) is 5.58 Å². The largest absolute Gasteiger partial charge is 0.390 e. The predicted molar refractivity (Wildman–Crippen MR) is 103 cm³/mol. The van der Waals surface area contributed by atoms with Crippen LogP contribution >= 0.6 is 11.6 Å². The van der Waals surface area contributed by atoms with Crippen LogP contribution in [0, 0.1) is 11.3 Å². The van der Waals surface area contributed by atoms with E-state index in [0.29, 0.717) is 57.5 Å². The summed E-state index contributed by atoms with van der Waals surface area (Å²) in [5, 5.41) is 23.3. The topological polar surface area (TPSA) is 108 Å². The third kappa shape index (κ3) is 3.18. The smallest absolute Gasteiger partial charge is 0.206 e. The average Bonchev–Trinajstić information content (AvgIpc) is 3.11. The molecule has 3 aromatic heterocycles. The number of pyridine rings is 2. The predicted octanol–water partition coefficient (Wildman–Crippen LogP) is 2.92. The lowest BCUT2D eigenvalue weighted by atomic mass is 10.1. The number of ether oxygens (including phenoxy) is 1. The van der Waals surface area contributed by atoms with Crippen molar-refractivity contribution in [3.05, 3.63) is 34.7 Å². The summed E-state index contributed by atoms with van der Waals surface area (Å²) < 4.78 is 11.3. The van der Waals surface area contributed by atoms with E-state index in [0.717, 1.165) is 0 Å². The minimum absolute atomic E-state index is 0.0251. The second kappa shape index (κ2) is 7.36. The zero-order valence-electron chi connectivity index (χ0n) is 15.4. The first-order chi connectivity index (χ1) is 13.5. The molecule has 0 unspecified atom stereocenters. The van der Waals surface area contributed by atoms with E-state index in [4.69, 9.17) is 26.1 Å². The maximum atomic E-state index is 9.95. The lowest BCUT2D eigenvalue weighted by Crippen LogP contribution is -2.46. The monoisotopic (exact) mass is 399 g/mol. The van der Waals surface area contributed by atoms with E-state index in [1.165, 1.54) is 6.20 Å². The Labute approximate surface area is 166 Å². The molecule has 1 N–H and O–H groups in total. The summed E-state index contributed by atoms with van der Waals surface area (Å²) in [6.45, 7) is 4.97. The van der Waals surface area contributed by atoms with Gasteiger partial charge in [-0.05, 0) is 26.0 Å². The molecule has 8 nitrogen and oxygen atoms in total. The summed E-state index contributed by atoms with van der Waals surface area (Å²) in [7, 11) is 0. The third-order valence-electron chi connectivity index (χ3n) is 4.63. The molecular formula is C19H18ClN5O3. The van der Waals surface area contributed by atoms with Crippen molar-refractivity contribution in [2.24, 2.45) is 0 Å². The van der Waals surface area contributed by atoms with E-state index in [9.17, 15) is 5.11 Å². The van der Waals surface area contributed by atoms with Crippen molar-refractivity contribution in [1.82, 2.24) is 15.1 Å². The number of morpholine rings is 1. The molecule has 0 bridgehead atoms. The van der Waals surface area contributed by atoms with Crippen LogP contribution in [0.5, 0.6) is 0 Å². The molecule has 28 heavy (non-hydrogen) atoms. The van der Waals surface area contributed by atoms with Gasteiger partial charge in [0, 0.05) is 24.8 Å². The van der Waals surface area contributed by atoms with Crippen molar-refractivity contribution in [1.29, 1.82) is 5.26 Å². The molecule has 144 valence electrons. The number of aromatic nitrogens is 3. The summed E-state index contributed by atoms with van der Waals surface area (Å²) in [5.41, 5.74) is 3.28. The first kappa shape index (κ1) is 18.6. The number of aliphatic hydroxyl groups is 1. The van der Waals surface area contributed by atoms with Gasteiger partial charge in [0.15, 0.2) is 0 Å². The number of anilines is 1. The molecule has 3 aromatic rings. The minimum atomic E-state index is -0.276. The van der Waals surface area contributed by atoms with Crippen LogP contribution in [0.4, 0.5) is 5.69 Å². The fourth-order valence-electron chi connectivity index (χ4n) is 3.54. The Hall–Kier alpha value is -2.73. The molecular weight excluding hydrogens is 382 g/mol. The minimum Gasteiger partial charge on any atom is -0.390 e. The Morgan fingerprint density at radius 1 is 1.32 bits per heavy atom. The van der Waals surface area contributed by atoms with E-state index in [2.05, 4.69) is 20.0 Å². The quantitative estimate of drug-likeness (QED) is 0.716. The molecule has 0 spiro atoms. The number of hydrogen-bond acceptors (Lipinski definition) is 8. The fraction of sp³-hybridized carbons (Fsp3) is 0.368. The fourth-order valence-corrected chi connectivity index (χ4v) is 3.89. The summed E-state index contributed by atoms with van der Waals surface area (Å²) in [6.07, 6.45) is 1.58. The zero-order chi connectivity index (χ0) is 19.8. The highest BCUT2D eigenvalue weighted by atomic mass is 35.5. The van der Waals surface area contributed by atoms with Gasteiger partial charge in [0.1, 0.15) is 28.0 Å². The summed E-state index contributed by atoms with van der Waals surface area (Å²) >= 11 is 6.68. The zero-order valence-corrected chi connectivity index (χ0v) is 16.1. The van der Waals surface area contributed by atoms with Gasteiger partial charge in [-0.15, -0.1) is 0 Å². The van der Waals surface area contributed by atoms with Crippen molar-refractivity contribution in [3.8, 4) is 17.3 Å². The standard InChI is InChI=1S/C19H18ClN5O3/c1-10-7-25(8-11(2)27-10)18-14(9-26)23-17-16(24-28-19(17)15(18)20)12-3-4-13(5-21)22-6-12/h3-4,6,10-11,26H,7-9H2,1-2H3/t10-,11+. The van der Waals surface area contributed by atoms with E-state index in [1.54, 1.807) is 12.1 Å². The van der Waals surface area contributed by atoms with E-state index >= 15 is 0 Å². The molecule has 2 atom stereocenters. The molecule has 0 aromatic carbocycles. The maximum Gasteiger partial charge on any atom is 0.206 e. The molecule has 0 amide bonds. The molecule has 1 saturated heterocycles. The van der Waals surface area contributed by atoms with Crippen LogP contribution < -0.4 is 4.90 Å². The normalized spacial score (nSPS) is 19.8. The van der Waals surface area contributed by atoms with Gasteiger partial charge in [-0.1, -0.05) is 16.8 Å². The van der Waals surface area contributed by atoms with Crippen molar-refractivity contribution in [2.75, 3.05) is 18.0 Å². The van der Waals surface area contributed by atoms with Crippen LogP contribution in [0.3, 0.4) is 0 Å². The van der Waals surface area contributed by atoms with Gasteiger partial charge in [-0.2, -0.15) is 5.26 Å². The Morgan fingerprint density at radius 3 is 2.68 bits per heavy atom. The molecule has 1 aliphatic rings.